The Labute approximate surface area is 111 Å². The summed E-state index contributed by atoms with van der Waals surface area (Å²) in [4.78, 5) is 2.47. The maximum Gasteiger partial charge on any atom is 0.0787 e. The predicted octanol–water partition coefficient (Wildman–Crippen LogP) is 3.61. The van der Waals surface area contributed by atoms with E-state index in [9.17, 15) is 5.11 Å². The van der Waals surface area contributed by atoms with Crippen molar-refractivity contribution < 1.29 is 5.11 Å². The molecule has 0 radical (unpaired) electrons. The Kier molecular flexibility index (Phi) is 4.28. The molecule has 3 atom stereocenters. The zero-order valence-electron chi connectivity index (χ0n) is 11.8. The van der Waals surface area contributed by atoms with Crippen LogP contribution in [0.25, 0.3) is 0 Å². The Balaban J connectivity index is 2.09. The summed E-state index contributed by atoms with van der Waals surface area (Å²) in [7, 11) is 0. The van der Waals surface area contributed by atoms with Crippen LogP contribution in [0.3, 0.4) is 0 Å². The van der Waals surface area contributed by atoms with Crippen molar-refractivity contribution in [3.8, 4) is 0 Å². The van der Waals surface area contributed by atoms with Crippen molar-refractivity contribution in [1.29, 1.82) is 0 Å². The van der Waals surface area contributed by atoms with Crippen LogP contribution in [0.5, 0.6) is 0 Å². The van der Waals surface area contributed by atoms with Gasteiger partial charge in [-0.25, -0.2) is 0 Å². The molecular weight excluding hydrogens is 222 g/mol. The SMILES string of the molecule is CC[C@H](O)c1ccc(N2CC(C)CC(C)C2)cc1. The first-order valence-corrected chi connectivity index (χ1v) is 7.13. The Morgan fingerprint density at radius 2 is 1.72 bits per heavy atom. The summed E-state index contributed by atoms with van der Waals surface area (Å²) in [5, 5.41) is 9.80. The molecule has 1 aliphatic heterocycles. The minimum Gasteiger partial charge on any atom is -0.388 e. The molecule has 2 heteroatoms. The van der Waals surface area contributed by atoms with Crippen molar-refractivity contribution in [3.63, 3.8) is 0 Å². The van der Waals surface area contributed by atoms with Gasteiger partial charge in [0, 0.05) is 18.8 Å². The summed E-state index contributed by atoms with van der Waals surface area (Å²) < 4.78 is 0. The number of hydrogen-bond donors (Lipinski definition) is 1. The lowest BCUT2D eigenvalue weighted by Gasteiger charge is -2.36. The fourth-order valence-electron chi connectivity index (χ4n) is 3.02. The van der Waals surface area contributed by atoms with Gasteiger partial charge in [0.1, 0.15) is 0 Å². The quantitative estimate of drug-likeness (QED) is 0.882. The molecule has 1 saturated heterocycles. The fraction of sp³-hybridized carbons (Fsp3) is 0.625. The summed E-state index contributed by atoms with van der Waals surface area (Å²) in [5.74, 6) is 1.55. The van der Waals surface area contributed by atoms with E-state index in [1.165, 1.54) is 12.1 Å². The van der Waals surface area contributed by atoms with E-state index in [2.05, 4.69) is 43.0 Å². The molecule has 1 aromatic rings. The lowest BCUT2D eigenvalue weighted by Crippen LogP contribution is -2.38. The van der Waals surface area contributed by atoms with Crippen LogP contribution in [0.15, 0.2) is 24.3 Å². The minimum absolute atomic E-state index is 0.321. The molecule has 2 nitrogen and oxygen atoms in total. The Morgan fingerprint density at radius 1 is 1.17 bits per heavy atom. The first-order chi connectivity index (χ1) is 8.60. The van der Waals surface area contributed by atoms with Crippen LogP contribution in [0.4, 0.5) is 5.69 Å². The highest BCUT2D eigenvalue weighted by Gasteiger charge is 2.21. The van der Waals surface area contributed by atoms with Crippen LogP contribution < -0.4 is 4.90 Å². The van der Waals surface area contributed by atoms with E-state index in [0.717, 1.165) is 36.9 Å². The van der Waals surface area contributed by atoms with Crippen LogP contribution in [0.2, 0.25) is 0 Å². The topological polar surface area (TPSA) is 23.5 Å². The lowest BCUT2D eigenvalue weighted by molar-refractivity contribution is 0.173. The Bertz CT molecular complexity index is 363. The van der Waals surface area contributed by atoms with Gasteiger partial charge in [-0.1, -0.05) is 32.9 Å². The molecule has 0 bridgehead atoms. The van der Waals surface area contributed by atoms with Gasteiger partial charge in [-0.15, -0.1) is 0 Å². The fourth-order valence-corrected chi connectivity index (χ4v) is 3.02. The largest absolute Gasteiger partial charge is 0.388 e. The number of aliphatic hydroxyl groups excluding tert-OH is 1. The second-order valence-electron chi connectivity index (χ2n) is 5.87. The summed E-state index contributed by atoms with van der Waals surface area (Å²) in [6, 6.07) is 8.43. The first-order valence-electron chi connectivity index (χ1n) is 7.13. The molecule has 0 amide bonds. The molecule has 2 rings (SSSR count). The van der Waals surface area contributed by atoms with Crippen molar-refractivity contribution in [1.82, 2.24) is 0 Å². The monoisotopic (exact) mass is 247 g/mol. The van der Waals surface area contributed by atoms with E-state index >= 15 is 0 Å². The zero-order valence-corrected chi connectivity index (χ0v) is 11.8. The van der Waals surface area contributed by atoms with Gasteiger partial charge in [-0.05, 0) is 42.4 Å². The molecule has 0 saturated carbocycles. The Hall–Kier alpha value is -1.02. The van der Waals surface area contributed by atoms with E-state index in [1.54, 1.807) is 0 Å². The van der Waals surface area contributed by atoms with Crippen LogP contribution in [-0.4, -0.2) is 18.2 Å². The number of rotatable bonds is 3. The van der Waals surface area contributed by atoms with Crippen molar-refractivity contribution in [2.45, 2.75) is 39.7 Å². The average molecular weight is 247 g/mol. The van der Waals surface area contributed by atoms with Crippen molar-refractivity contribution in [2.24, 2.45) is 11.8 Å². The zero-order chi connectivity index (χ0) is 13.1. The highest BCUT2D eigenvalue weighted by atomic mass is 16.3. The minimum atomic E-state index is -0.321. The molecule has 1 heterocycles. The van der Waals surface area contributed by atoms with Gasteiger partial charge < -0.3 is 10.0 Å². The van der Waals surface area contributed by atoms with Gasteiger partial charge in [0.05, 0.1) is 6.10 Å². The van der Waals surface area contributed by atoms with E-state index in [4.69, 9.17) is 0 Å². The molecule has 1 aromatic carbocycles. The van der Waals surface area contributed by atoms with E-state index in [-0.39, 0.29) is 6.10 Å². The molecule has 1 fully saturated rings. The molecule has 0 aliphatic carbocycles. The predicted molar refractivity (Wildman–Crippen MR) is 76.9 cm³/mol. The van der Waals surface area contributed by atoms with Gasteiger partial charge in [0.15, 0.2) is 0 Å². The molecule has 2 unspecified atom stereocenters. The summed E-state index contributed by atoms with van der Waals surface area (Å²) in [6.45, 7) is 8.97. The van der Waals surface area contributed by atoms with E-state index < -0.39 is 0 Å². The lowest BCUT2D eigenvalue weighted by atomic mass is 9.91. The molecule has 0 aromatic heterocycles. The Morgan fingerprint density at radius 3 is 2.22 bits per heavy atom. The van der Waals surface area contributed by atoms with Gasteiger partial charge in [-0.2, -0.15) is 0 Å². The standard InChI is InChI=1S/C16H25NO/c1-4-16(18)14-5-7-15(8-6-14)17-10-12(2)9-13(3)11-17/h5-8,12-13,16,18H,4,9-11H2,1-3H3/t12?,13?,16-/m0/s1. The van der Waals surface area contributed by atoms with Gasteiger partial charge >= 0.3 is 0 Å². The number of anilines is 1. The van der Waals surface area contributed by atoms with E-state index in [0.29, 0.717) is 0 Å². The number of hydrogen-bond acceptors (Lipinski definition) is 2. The highest BCUT2D eigenvalue weighted by molar-refractivity contribution is 5.48. The summed E-state index contributed by atoms with van der Waals surface area (Å²) in [6.07, 6.45) is 1.79. The van der Waals surface area contributed by atoms with Crippen LogP contribution in [0, 0.1) is 11.8 Å². The number of aliphatic hydroxyl groups is 1. The molecular formula is C16H25NO. The maximum absolute atomic E-state index is 9.80. The first kappa shape index (κ1) is 13.4. The summed E-state index contributed by atoms with van der Waals surface area (Å²) in [5.41, 5.74) is 2.32. The number of benzene rings is 1. The molecule has 100 valence electrons. The van der Waals surface area contributed by atoms with Crippen LogP contribution in [-0.2, 0) is 0 Å². The second-order valence-corrected chi connectivity index (χ2v) is 5.87. The van der Waals surface area contributed by atoms with Crippen molar-refractivity contribution >= 4 is 5.69 Å². The molecule has 0 spiro atoms. The third-order valence-corrected chi connectivity index (χ3v) is 3.90. The van der Waals surface area contributed by atoms with Gasteiger partial charge in [0.25, 0.3) is 0 Å². The van der Waals surface area contributed by atoms with Crippen molar-refractivity contribution in [3.05, 3.63) is 29.8 Å². The average Bonchev–Trinajstić information content (AvgIpc) is 2.37. The van der Waals surface area contributed by atoms with Gasteiger partial charge in [-0.3, -0.25) is 0 Å². The number of nitrogens with zero attached hydrogens (tertiary/aromatic N) is 1. The normalized spacial score (nSPS) is 26.1. The van der Waals surface area contributed by atoms with Crippen molar-refractivity contribution in [2.75, 3.05) is 18.0 Å². The maximum atomic E-state index is 9.80. The van der Waals surface area contributed by atoms with Crippen LogP contribution in [0.1, 0.15) is 45.3 Å². The van der Waals surface area contributed by atoms with E-state index in [1.807, 2.05) is 6.92 Å². The number of piperidine rings is 1. The third-order valence-electron chi connectivity index (χ3n) is 3.90. The molecule has 1 N–H and O–H groups in total. The smallest absolute Gasteiger partial charge is 0.0787 e. The third kappa shape index (κ3) is 3.05. The summed E-state index contributed by atoms with van der Waals surface area (Å²) >= 11 is 0. The van der Waals surface area contributed by atoms with Gasteiger partial charge in [0.2, 0.25) is 0 Å². The second kappa shape index (κ2) is 5.75. The van der Waals surface area contributed by atoms with Crippen LogP contribution >= 0.6 is 0 Å². The highest BCUT2D eigenvalue weighted by Crippen LogP contribution is 2.27. The molecule has 18 heavy (non-hydrogen) atoms. The molecule has 1 aliphatic rings.